The fourth-order valence-electron chi connectivity index (χ4n) is 2.06. The monoisotopic (exact) mass is 412 g/mol. The van der Waals surface area contributed by atoms with E-state index in [4.69, 9.17) is 10.00 Å². The standard InChI is InChI=1S/C20H17BrN2O3/c1-13-3-6-16(18(21)11-13)7-10-19(24)26-14(2)20(25)23-17-8-4-15(12-22)5-9-17/h3-11,14H,1-2H3,(H,23,25)/b10-7+/t14-/m1/s1. The van der Waals surface area contributed by atoms with Crippen LogP contribution in [0.5, 0.6) is 0 Å². The number of hydrogen-bond donors (Lipinski definition) is 1. The highest BCUT2D eigenvalue weighted by molar-refractivity contribution is 9.10. The number of carbonyl (C=O) groups is 2. The lowest BCUT2D eigenvalue weighted by molar-refractivity contribution is -0.148. The number of aryl methyl sites for hydroxylation is 1. The van der Waals surface area contributed by atoms with Crippen molar-refractivity contribution in [2.24, 2.45) is 0 Å². The molecule has 132 valence electrons. The van der Waals surface area contributed by atoms with Crippen molar-refractivity contribution in [3.63, 3.8) is 0 Å². The average molecular weight is 413 g/mol. The number of nitrogens with zero attached hydrogens (tertiary/aromatic N) is 1. The van der Waals surface area contributed by atoms with Crippen molar-refractivity contribution in [1.29, 1.82) is 5.26 Å². The molecule has 0 saturated carbocycles. The van der Waals surface area contributed by atoms with Crippen LogP contribution in [0.4, 0.5) is 5.69 Å². The second-order valence-corrected chi connectivity index (χ2v) is 6.47. The highest BCUT2D eigenvalue weighted by Crippen LogP contribution is 2.19. The number of nitriles is 1. The van der Waals surface area contributed by atoms with Crippen LogP contribution in [0.25, 0.3) is 6.08 Å². The van der Waals surface area contributed by atoms with Crippen LogP contribution in [0, 0.1) is 18.3 Å². The Morgan fingerprint density at radius 2 is 1.92 bits per heavy atom. The van der Waals surface area contributed by atoms with Gasteiger partial charge in [0, 0.05) is 16.2 Å². The Hall–Kier alpha value is -2.91. The Bertz CT molecular complexity index is 883. The van der Waals surface area contributed by atoms with Crippen LogP contribution in [0.1, 0.15) is 23.6 Å². The number of anilines is 1. The molecule has 1 atom stereocenters. The molecule has 1 N–H and O–H groups in total. The van der Waals surface area contributed by atoms with Crippen molar-refractivity contribution in [2.75, 3.05) is 5.32 Å². The van der Waals surface area contributed by atoms with Crippen molar-refractivity contribution in [3.8, 4) is 6.07 Å². The highest BCUT2D eigenvalue weighted by atomic mass is 79.9. The van der Waals surface area contributed by atoms with Gasteiger partial charge < -0.3 is 10.1 Å². The predicted molar refractivity (Wildman–Crippen MR) is 103 cm³/mol. The lowest BCUT2D eigenvalue weighted by atomic mass is 10.1. The van der Waals surface area contributed by atoms with Crippen LogP contribution in [-0.4, -0.2) is 18.0 Å². The number of amides is 1. The molecule has 0 heterocycles. The number of carbonyl (C=O) groups excluding carboxylic acids is 2. The van der Waals surface area contributed by atoms with Crippen LogP contribution in [0.2, 0.25) is 0 Å². The molecule has 5 nitrogen and oxygen atoms in total. The molecule has 0 radical (unpaired) electrons. The van der Waals surface area contributed by atoms with E-state index in [2.05, 4.69) is 21.2 Å². The molecular weight excluding hydrogens is 396 g/mol. The second kappa shape index (κ2) is 8.97. The molecule has 0 fully saturated rings. The summed E-state index contributed by atoms with van der Waals surface area (Å²) >= 11 is 3.43. The van der Waals surface area contributed by atoms with Crippen LogP contribution in [0.15, 0.2) is 53.0 Å². The second-order valence-electron chi connectivity index (χ2n) is 5.62. The van der Waals surface area contributed by atoms with Crippen LogP contribution in [-0.2, 0) is 14.3 Å². The van der Waals surface area contributed by atoms with E-state index in [1.807, 2.05) is 31.2 Å². The largest absolute Gasteiger partial charge is 0.449 e. The quantitative estimate of drug-likeness (QED) is 0.588. The Morgan fingerprint density at radius 1 is 1.23 bits per heavy atom. The fraction of sp³-hybridized carbons (Fsp3) is 0.150. The zero-order chi connectivity index (χ0) is 19.1. The Balaban J connectivity index is 1.91. The van der Waals surface area contributed by atoms with Crippen molar-refractivity contribution in [3.05, 3.63) is 69.7 Å². The minimum absolute atomic E-state index is 0.451. The van der Waals surface area contributed by atoms with Gasteiger partial charge in [-0.15, -0.1) is 0 Å². The maximum absolute atomic E-state index is 12.1. The molecule has 2 rings (SSSR count). The average Bonchev–Trinajstić information content (AvgIpc) is 2.61. The lowest BCUT2D eigenvalue weighted by Crippen LogP contribution is -2.29. The first-order valence-corrected chi connectivity index (χ1v) is 8.64. The lowest BCUT2D eigenvalue weighted by Gasteiger charge is -2.12. The van der Waals surface area contributed by atoms with Crippen molar-refractivity contribution in [2.45, 2.75) is 20.0 Å². The summed E-state index contributed by atoms with van der Waals surface area (Å²) in [5.74, 6) is -1.06. The number of nitrogens with one attached hydrogen (secondary N) is 1. The first kappa shape index (κ1) is 19.4. The predicted octanol–water partition coefficient (Wildman–Crippen LogP) is 4.21. The third kappa shape index (κ3) is 5.57. The van der Waals surface area contributed by atoms with Gasteiger partial charge in [-0.3, -0.25) is 4.79 Å². The molecule has 0 aliphatic heterocycles. The molecule has 2 aromatic carbocycles. The minimum Gasteiger partial charge on any atom is -0.449 e. The van der Waals surface area contributed by atoms with Gasteiger partial charge >= 0.3 is 5.97 Å². The summed E-state index contributed by atoms with van der Waals surface area (Å²) in [6.07, 6.45) is 1.95. The normalized spacial score (nSPS) is 11.6. The molecule has 0 spiro atoms. The molecule has 0 saturated heterocycles. The summed E-state index contributed by atoms with van der Waals surface area (Å²) in [5, 5.41) is 11.4. The van der Waals surface area contributed by atoms with Crippen molar-refractivity contribution >= 4 is 39.6 Å². The molecular formula is C20H17BrN2O3. The van der Waals surface area contributed by atoms with Gasteiger partial charge in [-0.1, -0.05) is 28.1 Å². The van der Waals surface area contributed by atoms with Gasteiger partial charge in [0.2, 0.25) is 0 Å². The zero-order valence-corrected chi connectivity index (χ0v) is 15.9. The van der Waals surface area contributed by atoms with Crippen molar-refractivity contribution in [1.82, 2.24) is 0 Å². The van der Waals surface area contributed by atoms with E-state index < -0.39 is 18.0 Å². The topological polar surface area (TPSA) is 79.2 Å². The fourth-order valence-corrected chi connectivity index (χ4v) is 2.69. The highest BCUT2D eigenvalue weighted by Gasteiger charge is 2.16. The number of hydrogen-bond acceptors (Lipinski definition) is 4. The van der Waals surface area contributed by atoms with Crippen LogP contribution in [0.3, 0.4) is 0 Å². The number of benzene rings is 2. The van der Waals surface area contributed by atoms with Gasteiger partial charge in [0.1, 0.15) is 0 Å². The van der Waals surface area contributed by atoms with Crippen molar-refractivity contribution < 1.29 is 14.3 Å². The summed E-state index contributed by atoms with van der Waals surface area (Å²) < 4.78 is 5.98. The van der Waals surface area contributed by atoms with E-state index in [0.29, 0.717) is 11.3 Å². The van der Waals surface area contributed by atoms with E-state index in [1.165, 1.54) is 13.0 Å². The molecule has 0 aliphatic rings. The molecule has 0 bridgehead atoms. The molecule has 0 unspecified atom stereocenters. The van der Waals surface area contributed by atoms with Gasteiger partial charge in [-0.2, -0.15) is 5.26 Å². The van der Waals surface area contributed by atoms with Crippen LogP contribution < -0.4 is 5.32 Å². The van der Waals surface area contributed by atoms with E-state index in [1.54, 1.807) is 30.3 Å². The third-order valence-corrected chi connectivity index (χ3v) is 4.19. The number of rotatable bonds is 5. The Kier molecular flexibility index (Phi) is 6.70. The Morgan fingerprint density at radius 3 is 2.54 bits per heavy atom. The Labute approximate surface area is 160 Å². The maximum Gasteiger partial charge on any atom is 0.331 e. The molecule has 26 heavy (non-hydrogen) atoms. The molecule has 0 aliphatic carbocycles. The summed E-state index contributed by atoms with van der Waals surface area (Å²) in [7, 11) is 0. The smallest absolute Gasteiger partial charge is 0.331 e. The summed E-state index contributed by atoms with van der Waals surface area (Å²) in [4.78, 5) is 24.0. The van der Waals surface area contributed by atoms with Gasteiger partial charge in [0.15, 0.2) is 6.10 Å². The van der Waals surface area contributed by atoms with E-state index in [0.717, 1.165) is 15.6 Å². The minimum atomic E-state index is -0.954. The maximum atomic E-state index is 12.1. The van der Waals surface area contributed by atoms with Gasteiger partial charge in [0.05, 0.1) is 11.6 Å². The summed E-state index contributed by atoms with van der Waals surface area (Å²) in [5.41, 5.74) is 2.96. The van der Waals surface area contributed by atoms with Gasteiger partial charge in [-0.05, 0) is 61.4 Å². The van der Waals surface area contributed by atoms with E-state index in [9.17, 15) is 9.59 Å². The molecule has 6 heteroatoms. The number of ether oxygens (including phenoxy) is 1. The zero-order valence-electron chi connectivity index (χ0n) is 14.3. The molecule has 1 amide bonds. The summed E-state index contributed by atoms with van der Waals surface area (Å²) in [6.45, 7) is 3.47. The third-order valence-electron chi connectivity index (χ3n) is 3.50. The van der Waals surface area contributed by atoms with Crippen LogP contribution >= 0.6 is 15.9 Å². The first-order valence-electron chi connectivity index (χ1n) is 7.85. The molecule has 0 aromatic heterocycles. The van der Waals surface area contributed by atoms with E-state index in [-0.39, 0.29) is 0 Å². The molecule has 2 aromatic rings. The SMILES string of the molecule is Cc1ccc(/C=C/C(=O)O[C@H](C)C(=O)Nc2ccc(C#N)cc2)c(Br)c1. The first-order chi connectivity index (χ1) is 12.4. The van der Waals surface area contributed by atoms with E-state index >= 15 is 0 Å². The van der Waals surface area contributed by atoms with Gasteiger partial charge in [0.25, 0.3) is 5.91 Å². The summed E-state index contributed by atoms with van der Waals surface area (Å²) in [6, 6.07) is 14.2. The number of halogens is 1. The number of esters is 1. The van der Waals surface area contributed by atoms with Gasteiger partial charge in [-0.25, -0.2) is 4.79 Å².